The summed E-state index contributed by atoms with van der Waals surface area (Å²) in [5, 5.41) is 0. The monoisotopic (exact) mass is 298 g/mol. The molecule has 0 aliphatic carbocycles. The zero-order valence-corrected chi connectivity index (χ0v) is 13.6. The highest BCUT2D eigenvalue weighted by Crippen LogP contribution is 2.05. The summed E-state index contributed by atoms with van der Waals surface area (Å²) < 4.78 is 10.2. The van der Waals surface area contributed by atoms with Crippen molar-refractivity contribution in [2.24, 2.45) is 0 Å². The highest BCUT2D eigenvalue weighted by atomic mass is 16.5. The van der Waals surface area contributed by atoms with Crippen LogP contribution in [0.15, 0.2) is 12.2 Å². The molecule has 0 bridgehead atoms. The van der Waals surface area contributed by atoms with Gasteiger partial charge in [0.05, 0.1) is 13.2 Å². The average molecular weight is 298 g/mol. The molecular formula is C17H30O4. The standard InChI is InChI=1S/C17H30O4/c1-4-5-6-9-13-20-16(18)10-7-8-11-17(19)21-14-12-15(2)3/h2,4-14H2,1,3H3. The van der Waals surface area contributed by atoms with Gasteiger partial charge in [-0.05, 0) is 26.2 Å². The molecule has 0 aliphatic rings. The van der Waals surface area contributed by atoms with Gasteiger partial charge in [0, 0.05) is 19.3 Å². The molecule has 0 radical (unpaired) electrons. The maximum Gasteiger partial charge on any atom is 0.305 e. The van der Waals surface area contributed by atoms with E-state index in [1.54, 1.807) is 0 Å². The summed E-state index contributed by atoms with van der Waals surface area (Å²) in [4.78, 5) is 22.8. The third-order valence-corrected chi connectivity index (χ3v) is 3.06. The van der Waals surface area contributed by atoms with Crippen LogP contribution >= 0.6 is 0 Å². The number of esters is 2. The summed E-state index contributed by atoms with van der Waals surface area (Å²) >= 11 is 0. The molecular weight excluding hydrogens is 268 g/mol. The number of rotatable bonds is 13. The van der Waals surface area contributed by atoms with Crippen molar-refractivity contribution < 1.29 is 19.1 Å². The molecule has 0 aromatic heterocycles. The Balaban J connectivity index is 3.38. The minimum absolute atomic E-state index is 0.165. The van der Waals surface area contributed by atoms with Crippen LogP contribution in [0.1, 0.15) is 71.6 Å². The first-order chi connectivity index (χ1) is 10.1. The van der Waals surface area contributed by atoms with E-state index in [1.165, 1.54) is 12.8 Å². The fourth-order valence-corrected chi connectivity index (χ4v) is 1.74. The Bertz CT molecular complexity index is 310. The smallest absolute Gasteiger partial charge is 0.305 e. The lowest BCUT2D eigenvalue weighted by molar-refractivity contribution is -0.146. The van der Waals surface area contributed by atoms with Gasteiger partial charge >= 0.3 is 11.9 Å². The molecule has 0 atom stereocenters. The van der Waals surface area contributed by atoms with Crippen LogP contribution in [0.3, 0.4) is 0 Å². The third kappa shape index (κ3) is 14.9. The summed E-state index contributed by atoms with van der Waals surface area (Å²) in [7, 11) is 0. The quantitative estimate of drug-likeness (QED) is 0.291. The Kier molecular flexibility index (Phi) is 12.8. The van der Waals surface area contributed by atoms with Gasteiger partial charge in [-0.15, -0.1) is 6.58 Å². The average Bonchev–Trinajstić information content (AvgIpc) is 2.43. The molecule has 4 nitrogen and oxygen atoms in total. The third-order valence-electron chi connectivity index (χ3n) is 3.06. The molecule has 0 N–H and O–H groups in total. The van der Waals surface area contributed by atoms with Crippen molar-refractivity contribution in [3.63, 3.8) is 0 Å². The van der Waals surface area contributed by atoms with E-state index in [0.717, 1.165) is 18.4 Å². The zero-order valence-electron chi connectivity index (χ0n) is 13.6. The van der Waals surface area contributed by atoms with Gasteiger partial charge < -0.3 is 9.47 Å². The fourth-order valence-electron chi connectivity index (χ4n) is 1.74. The number of carbonyl (C=O) groups excluding carboxylic acids is 2. The lowest BCUT2D eigenvalue weighted by Gasteiger charge is -2.05. The summed E-state index contributed by atoms with van der Waals surface area (Å²) in [5.74, 6) is -0.369. The van der Waals surface area contributed by atoms with Crippen molar-refractivity contribution in [1.29, 1.82) is 0 Å². The van der Waals surface area contributed by atoms with Crippen molar-refractivity contribution in [2.75, 3.05) is 13.2 Å². The van der Waals surface area contributed by atoms with Crippen molar-refractivity contribution in [1.82, 2.24) is 0 Å². The first-order valence-corrected chi connectivity index (χ1v) is 8.02. The lowest BCUT2D eigenvalue weighted by Crippen LogP contribution is -2.08. The van der Waals surface area contributed by atoms with E-state index < -0.39 is 0 Å². The van der Waals surface area contributed by atoms with E-state index in [0.29, 0.717) is 45.3 Å². The highest BCUT2D eigenvalue weighted by molar-refractivity contribution is 5.70. The van der Waals surface area contributed by atoms with Crippen LogP contribution in [0, 0.1) is 0 Å². The minimum atomic E-state index is -0.204. The Morgan fingerprint density at radius 1 is 0.810 bits per heavy atom. The molecule has 0 aliphatic heterocycles. The highest BCUT2D eigenvalue weighted by Gasteiger charge is 2.06. The molecule has 0 fully saturated rings. The maximum absolute atomic E-state index is 11.4. The van der Waals surface area contributed by atoms with Gasteiger partial charge in [0.25, 0.3) is 0 Å². The van der Waals surface area contributed by atoms with Gasteiger partial charge in [0.15, 0.2) is 0 Å². The van der Waals surface area contributed by atoms with Crippen molar-refractivity contribution in [3.8, 4) is 0 Å². The molecule has 0 spiro atoms. The molecule has 0 amide bonds. The zero-order chi connectivity index (χ0) is 15.9. The Morgan fingerprint density at radius 3 is 1.90 bits per heavy atom. The van der Waals surface area contributed by atoms with Gasteiger partial charge in [-0.3, -0.25) is 9.59 Å². The van der Waals surface area contributed by atoms with Crippen LogP contribution in [0.2, 0.25) is 0 Å². The molecule has 0 aromatic rings. The number of ether oxygens (including phenoxy) is 2. The van der Waals surface area contributed by atoms with Crippen LogP contribution in [0.25, 0.3) is 0 Å². The van der Waals surface area contributed by atoms with Gasteiger partial charge in [0.2, 0.25) is 0 Å². The maximum atomic E-state index is 11.4. The van der Waals surface area contributed by atoms with Crippen LogP contribution in [0.4, 0.5) is 0 Å². The predicted octanol–water partition coefficient (Wildman–Crippen LogP) is 4.18. The number of unbranched alkanes of at least 4 members (excludes halogenated alkanes) is 4. The minimum Gasteiger partial charge on any atom is -0.466 e. The molecule has 0 heterocycles. The second-order valence-corrected chi connectivity index (χ2v) is 5.42. The predicted molar refractivity (Wildman–Crippen MR) is 84.0 cm³/mol. The molecule has 4 heteroatoms. The summed E-state index contributed by atoms with van der Waals surface area (Å²) in [6.07, 6.45) is 7.19. The fraction of sp³-hybridized carbons (Fsp3) is 0.765. The van der Waals surface area contributed by atoms with E-state index in [1.807, 2.05) is 6.92 Å². The van der Waals surface area contributed by atoms with Gasteiger partial charge in [-0.1, -0.05) is 31.8 Å². The second kappa shape index (κ2) is 13.7. The number of carbonyl (C=O) groups is 2. The van der Waals surface area contributed by atoms with Crippen LogP contribution in [-0.2, 0) is 19.1 Å². The first kappa shape index (κ1) is 19.7. The summed E-state index contributed by atoms with van der Waals surface area (Å²) in [5.41, 5.74) is 1.00. The molecule has 0 rings (SSSR count). The molecule has 0 unspecified atom stereocenters. The van der Waals surface area contributed by atoms with E-state index in [4.69, 9.17) is 9.47 Å². The van der Waals surface area contributed by atoms with Crippen molar-refractivity contribution in [3.05, 3.63) is 12.2 Å². The van der Waals surface area contributed by atoms with Crippen molar-refractivity contribution >= 4 is 11.9 Å². The largest absolute Gasteiger partial charge is 0.466 e. The molecule has 0 aromatic carbocycles. The normalized spacial score (nSPS) is 10.2. The van der Waals surface area contributed by atoms with Gasteiger partial charge in [-0.25, -0.2) is 0 Å². The van der Waals surface area contributed by atoms with Crippen LogP contribution < -0.4 is 0 Å². The van der Waals surface area contributed by atoms with Crippen LogP contribution in [0.5, 0.6) is 0 Å². The number of hydrogen-bond acceptors (Lipinski definition) is 4. The van der Waals surface area contributed by atoms with E-state index in [9.17, 15) is 9.59 Å². The Labute approximate surface area is 128 Å². The van der Waals surface area contributed by atoms with E-state index in [-0.39, 0.29) is 11.9 Å². The van der Waals surface area contributed by atoms with E-state index in [2.05, 4.69) is 13.5 Å². The SMILES string of the molecule is C=C(C)CCOC(=O)CCCCC(=O)OCCCCCC. The molecule has 0 saturated heterocycles. The van der Waals surface area contributed by atoms with Gasteiger partial charge in [0.1, 0.15) is 0 Å². The molecule has 122 valence electrons. The molecule has 0 saturated carbocycles. The topological polar surface area (TPSA) is 52.6 Å². The lowest BCUT2D eigenvalue weighted by atomic mass is 10.2. The Morgan fingerprint density at radius 2 is 1.38 bits per heavy atom. The Hall–Kier alpha value is -1.32. The first-order valence-electron chi connectivity index (χ1n) is 8.02. The number of hydrogen-bond donors (Lipinski definition) is 0. The summed E-state index contributed by atoms with van der Waals surface area (Å²) in [6, 6.07) is 0. The van der Waals surface area contributed by atoms with Gasteiger partial charge in [-0.2, -0.15) is 0 Å². The summed E-state index contributed by atoms with van der Waals surface area (Å²) in [6.45, 7) is 8.71. The second-order valence-electron chi connectivity index (χ2n) is 5.42. The molecule has 21 heavy (non-hydrogen) atoms. The van der Waals surface area contributed by atoms with Crippen molar-refractivity contribution in [2.45, 2.75) is 71.6 Å². The van der Waals surface area contributed by atoms with E-state index >= 15 is 0 Å². The van der Waals surface area contributed by atoms with Crippen LogP contribution in [-0.4, -0.2) is 25.2 Å².